The molecule has 1 aromatic carbocycles. The van der Waals surface area contributed by atoms with Gasteiger partial charge < -0.3 is 10.4 Å². The van der Waals surface area contributed by atoms with Gasteiger partial charge in [-0.05, 0) is 25.0 Å². The summed E-state index contributed by atoms with van der Waals surface area (Å²) in [6, 6.07) is 4.30. The number of aliphatic hydroxyl groups excluding tert-OH is 1. The van der Waals surface area contributed by atoms with Crippen LogP contribution < -0.4 is 5.32 Å². The monoisotopic (exact) mass is 280 g/mol. The number of aldehydes is 1. The third-order valence-electron chi connectivity index (χ3n) is 3.84. The van der Waals surface area contributed by atoms with Gasteiger partial charge in [-0.15, -0.1) is 0 Å². The maximum atomic E-state index is 11.0. The molecule has 0 saturated carbocycles. The van der Waals surface area contributed by atoms with E-state index in [1.165, 1.54) is 18.2 Å². The van der Waals surface area contributed by atoms with Crippen LogP contribution in [0.4, 0.5) is 11.4 Å². The number of benzene rings is 1. The van der Waals surface area contributed by atoms with E-state index in [-0.39, 0.29) is 23.3 Å². The minimum atomic E-state index is -0.520. The Bertz CT molecular complexity index is 476. The van der Waals surface area contributed by atoms with Gasteiger partial charge in [0.1, 0.15) is 12.0 Å². The maximum absolute atomic E-state index is 11.0. The van der Waals surface area contributed by atoms with Crippen molar-refractivity contribution in [3.63, 3.8) is 0 Å². The average Bonchev–Trinajstić information content (AvgIpc) is 2.49. The van der Waals surface area contributed by atoms with Crippen molar-refractivity contribution in [2.24, 2.45) is 5.41 Å². The number of nitrogens with one attached hydrogen (secondary N) is 1. The normalized spacial score (nSPS) is 11.2. The highest BCUT2D eigenvalue weighted by molar-refractivity contribution is 5.79. The van der Waals surface area contributed by atoms with Crippen molar-refractivity contribution in [1.29, 1.82) is 0 Å². The summed E-state index contributed by atoms with van der Waals surface area (Å²) >= 11 is 0. The molecule has 0 aliphatic heterocycles. The second kappa shape index (κ2) is 7.00. The lowest BCUT2D eigenvalue weighted by Gasteiger charge is -2.29. The number of anilines is 1. The zero-order chi connectivity index (χ0) is 15.2. The summed E-state index contributed by atoms with van der Waals surface area (Å²) < 4.78 is 0. The quantitative estimate of drug-likeness (QED) is 0.434. The number of carbonyl (C=O) groups is 1. The molecule has 6 nitrogen and oxygen atoms in total. The molecule has 110 valence electrons. The Labute approximate surface area is 118 Å². The molecule has 1 aromatic rings. The lowest BCUT2D eigenvalue weighted by atomic mass is 9.83. The van der Waals surface area contributed by atoms with Gasteiger partial charge >= 0.3 is 0 Å². The number of hydrogen-bond donors (Lipinski definition) is 2. The molecule has 0 radical (unpaired) electrons. The molecule has 0 atom stereocenters. The first kappa shape index (κ1) is 16.1. The van der Waals surface area contributed by atoms with E-state index in [4.69, 9.17) is 0 Å². The molecule has 0 bridgehead atoms. The van der Waals surface area contributed by atoms with E-state index in [2.05, 4.69) is 5.32 Å². The molecule has 0 spiro atoms. The molecule has 6 heteroatoms. The lowest BCUT2D eigenvalue weighted by Crippen LogP contribution is -2.32. The van der Waals surface area contributed by atoms with Gasteiger partial charge in [-0.1, -0.05) is 13.8 Å². The molecule has 2 N–H and O–H groups in total. The smallest absolute Gasteiger partial charge is 0.293 e. The minimum Gasteiger partial charge on any atom is -0.396 e. The predicted octanol–water partition coefficient (Wildman–Crippen LogP) is 2.62. The molecule has 0 amide bonds. The molecule has 0 saturated heterocycles. The molecular weight excluding hydrogens is 260 g/mol. The Balaban J connectivity index is 2.97. The Hall–Kier alpha value is -1.95. The van der Waals surface area contributed by atoms with E-state index < -0.39 is 4.92 Å². The van der Waals surface area contributed by atoms with Crippen LogP contribution in [0, 0.1) is 15.5 Å². The van der Waals surface area contributed by atoms with Crippen molar-refractivity contribution in [3.05, 3.63) is 33.9 Å². The van der Waals surface area contributed by atoms with Crippen molar-refractivity contribution >= 4 is 17.7 Å². The Morgan fingerprint density at radius 1 is 1.40 bits per heavy atom. The Kier molecular flexibility index (Phi) is 5.64. The summed E-state index contributed by atoms with van der Waals surface area (Å²) in [5.74, 6) is 0. The van der Waals surface area contributed by atoms with Crippen molar-refractivity contribution in [2.45, 2.75) is 26.7 Å². The van der Waals surface area contributed by atoms with Gasteiger partial charge in [0.25, 0.3) is 5.69 Å². The molecule has 0 fully saturated rings. The fraction of sp³-hybridized carbons (Fsp3) is 0.500. The Morgan fingerprint density at radius 2 is 2.05 bits per heavy atom. The first-order chi connectivity index (χ1) is 9.51. The van der Waals surface area contributed by atoms with Crippen molar-refractivity contribution in [1.82, 2.24) is 0 Å². The van der Waals surface area contributed by atoms with Crippen molar-refractivity contribution in [2.75, 3.05) is 18.5 Å². The molecular formula is C14H20N2O4. The van der Waals surface area contributed by atoms with Gasteiger partial charge in [0.2, 0.25) is 0 Å². The molecule has 0 aliphatic rings. The number of nitro groups is 1. The summed E-state index contributed by atoms with van der Waals surface area (Å²) in [5.41, 5.74) is 0.202. The van der Waals surface area contributed by atoms with Crippen LogP contribution in [0.15, 0.2) is 18.2 Å². The summed E-state index contributed by atoms with van der Waals surface area (Å²) in [5, 5.41) is 23.5. The van der Waals surface area contributed by atoms with Crippen LogP contribution in [0.1, 0.15) is 37.0 Å². The van der Waals surface area contributed by atoms with Crippen LogP contribution in [0.2, 0.25) is 0 Å². The van der Waals surface area contributed by atoms with Crippen LogP contribution in [-0.4, -0.2) is 29.5 Å². The van der Waals surface area contributed by atoms with Crippen LogP contribution in [0.3, 0.4) is 0 Å². The van der Waals surface area contributed by atoms with Crippen LogP contribution in [0.25, 0.3) is 0 Å². The number of carbonyl (C=O) groups excluding carboxylic acids is 1. The van der Waals surface area contributed by atoms with E-state index in [9.17, 15) is 20.0 Å². The predicted molar refractivity (Wildman–Crippen MR) is 77.1 cm³/mol. The average molecular weight is 280 g/mol. The number of aliphatic hydroxyl groups is 1. The topological polar surface area (TPSA) is 92.5 Å². The number of nitro benzene ring substituents is 1. The minimum absolute atomic E-state index is 0.0211. The molecule has 0 aromatic heterocycles. The highest BCUT2D eigenvalue weighted by Gasteiger charge is 2.26. The highest BCUT2D eigenvalue weighted by Crippen LogP contribution is 2.30. The van der Waals surface area contributed by atoms with Gasteiger partial charge in [0.15, 0.2) is 0 Å². The number of hydrogen-bond acceptors (Lipinski definition) is 5. The van der Waals surface area contributed by atoms with Gasteiger partial charge in [0.05, 0.1) is 11.5 Å². The van der Waals surface area contributed by atoms with Gasteiger partial charge in [-0.2, -0.15) is 0 Å². The molecule has 0 aliphatic carbocycles. The molecule has 20 heavy (non-hydrogen) atoms. The van der Waals surface area contributed by atoms with E-state index in [0.29, 0.717) is 18.5 Å². The maximum Gasteiger partial charge on any atom is 0.293 e. The van der Waals surface area contributed by atoms with Crippen LogP contribution >= 0.6 is 0 Å². The zero-order valence-electron chi connectivity index (χ0n) is 11.8. The lowest BCUT2D eigenvalue weighted by molar-refractivity contribution is -0.384. The fourth-order valence-electron chi connectivity index (χ4n) is 1.98. The molecule has 1 rings (SSSR count). The Morgan fingerprint density at radius 3 is 2.50 bits per heavy atom. The van der Waals surface area contributed by atoms with E-state index in [0.717, 1.165) is 12.8 Å². The second-order valence-electron chi connectivity index (χ2n) is 4.87. The van der Waals surface area contributed by atoms with Crippen LogP contribution in [-0.2, 0) is 0 Å². The van der Waals surface area contributed by atoms with Gasteiger partial charge in [0, 0.05) is 23.6 Å². The summed E-state index contributed by atoms with van der Waals surface area (Å²) in [4.78, 5) is 21.2. The van der Waals surface area contributed by atoms with E-state index >= 15 is 0 Å². The van der Waals surface area contributed by atoms with Crippen molar-refractivity contribution in [3.8, 4) is 0 Å². The molecule has 0 unspecified atom stereocenters. The highest BCUT2D eigenvalue weighted by atomic mass is 16.6. The first-order valence-corrected chi connectivity index (χ1v) is 6.60. The van der Waals surface area contributed by atoms with E-state index in [1.54, 1.807) is 0 Å². The zero-order valence-corrected chi connectivity index (χ0v) is 11.8. The van der Waals surface area contributed by atoms with Crippen LogP contribution in [0.5, 0.6) is 0 Å². The third kappa shape index (κ3) is 3.54. The van der Waals surface area contributed by atoms with Gasteiger partial charge in [-0.25, -0.2) is 0 Å². The summed E-state index contributed by atoms with van der Waals surface area (Å²) in [7, 11) is 0. The van der Waals surface area contributed by atoms with Crippen molar-refractivity contribution < 1.29 is 14.8 Å². The van der Waals surface area contributed by atoms with E-state index in [1.807, 2.05) is 13.8 Å². The second-order valence-corrected chi connectivity index (χ2v) is 4.87. The third-order valence-corrected chi connectivity index (χ3v) is 3.84. The summed E-state index contributed by atoms with van der Waals surface area (Å²) in [6.45, 7) is 4.42. The fourth-order valence-corrected chi connectivity index (χ4v) is 1.98. The molecule has 0 heterocycles. The van der Waals surface area contributed by atoms with Gasteiger partial charge in [-0.3, -0.25) is 14.9 Å². The SMILES string of the molecule is CCC(CC)(CO)CNc1ccc(C=O)cc1[N+](=O)[O-]. The number of nitrogens with zero attached hydrogens (tertiary/aromatic N) is 1. The largest absolute Gasteiger partial charge is 0.396 e. The standard InChI is InChI=1S/C14H20N2O4/c1-3-14(4-2,10-18)9-15-12-6-5-11(8-17)7-13(12)16(19)20/h5-8,15,18H,3-4,9-10H2,1-2H3. The first-order valence-electron chi connectivity index (χ1n) is 6.60. The number of rotatable bonds is 8. The summed E-state index contributed by atoms with van der Waals surface area (Å²) in [6.07, 6.45) is 2.12.